The number of nitrogens with zero attached hydrogens (tertiary/aromatic N) is 2. The summed E-state index contributed by atoms with van der Waals surface area (Å²) in [6.45, 7) is 2.10. The van der Waals surface area contributed by atoms with Gasteiger partial charge in [-0.3, -0.25) is 0 Å². The van der Waals surface area contributed by atoms with Gasteiger partial charge in [0, 0.05) is 19.0 Å². The first kappa shape index (κ1) is 10.8. The Morgan fingerprint density at radius 2 is 2.18 bits per heavy atom. The summed E-state index contributed by atoms with van der Waals surface area (Å²) in [7, 11) is 2.09. The first-order valence-corrected chi connectivity index (χ1v) is 6.28. The van der Waals surface area contributed by atoms with Crippen LogP contribution in [0.15, 0.2) is 18.2 Å². The van der Waals surface area contributed by atoms with Gasteiger partial charge >= 0.3 is 0 Å². The maximum atomic E-state index is 6.30. The van der Waals surface area contributed by atoms with Crippen LogP contribution in [-0.4, -0.2) is 15.1 Å². The molecule has 0 radical (unpaired) electrons. The molecule has 1 fully saturated rings. The smallest absolute Gasteiger partial charge is 0.111 e. The Morgan fingerprint density at radius 3 is 2.82 bits per heavy atom. The van der Waals surface area contributed by atoms with Gasteiger partial charge in [-0.15, -0.1) is 0 Å². The standard InChI is InChI=1S/C14H19N3/c1-10-4-5-12-11(8-10)16-13(17(12)2)9-14(15)6-3-7-14/h4-5,8H,3,6-7,9,15H2,1-2H3. The van der Waals surface area contributed by atoms with E-state index in [9.17, 15) is 0 Å². The highest BCUT2D eigenvalue weighted by Gasteiger charge is 2.34. The number of hydrogen-bond donors (Lipinski definition) is 1. The summed E-state index contributed by atoms with van der Waals surface area (Å²) < 4.78 is 2.18. The van der Waals surface area contributed by atoms with Gasteiger partial charge in [-0.1, -0.05) is 6.07 Å². The number of imidazole rings is 1. The van der Waals surface area contributed by atoms with E-state index >= 15 is 0 Å². The van der Waals surface area contributed by atoms with Crippen molar-refractivity contribution < 1.29 is 0 Å². The highest BCUT2D eigenvalue weighted by Crippen LogP contribution is 2.32. The zero-order chi connectivity index (χ0) is 12.0. The van der Waals surface area contributed by atoms with Crippen molar-refractivity contribution in [2.75, 3.05) is 0 Å². The van der Waals surface area contributed by atoms with Gasteiger partial charge in [0.05, 0.1) is 11.0 Å². The largest absolute Gasteiger partial charge is 0.331 e. The van der Waals surface area contributed by atoms with Crippen LogP contribution in [0.4, 0.5) is 0 Å². The molecule has 90 valence electrons. The average molecular weight is 229 g/mol. The second-order valence-corrected chi connectivity index (χ2v) is 5.47. The van der Waals surface area contributed by atoms with Crippen LogP contribution in [0, 0.1) is 6.92 Å². The molecule has 2 N–H and O–H groups in total. The molecule has 1 saturated carbocycles. The first-order valence-electron chi connectivity index (χ1n) is 6.28. The van der Waals surface area contributed by atoms with Gasteiger partial charge in [-0.25, -0.2) is 4.98 Å². The lowest BCUT2D eigenvalue weighted by Crippen LogP contribution is -2.48. The Hall–Kier alpha value is -1.35. The van der Waals surface area contributed by atoms with E-state index in [0.29, 0.717) is 0 Å². The highest BCUT2D eigenvalue weighted by atomic mass is 15.1. The second-order valence-electron chi connectivity index (χ2n) is 5.47. The lowest BCUT2D eigenvalue weighted by atomic mass is 9.75. The van der Waals surface area contributed by atoms with E-state index in [-0.39, 0.29) is 5.54 Å². The molecule has 3 nitrogen and oxygen atoms in total. The maximum absolute atomic E-state index is 6.30. The third-order valence-electron chi connectivity index (χ3n) is 3.99. The third kappa shape index (κ3) is 1.75. The molecular formula is C14H19N3. The van der Waals surface area contributed by atoms with Crippen LogP contribution >= 0.6 is 0 Å². The Balaban J connectivity index is 2.02. The van der Waals surface area contributed by atoms with E-state index in [1.54, 1.807) is 0 Å². The third-order valence-corrected chi connectivity index (χ3v) is 3.99. The minimum Gasteiger partial charge on any atom is -0.331 e. The fourth-order valence-corrected chi connectivity index (χ4v) is 2.64. The summed E-state index contributed by atoms with van der Waals surface area (Å²) in [4.78, 5) is 4.72. The molecule has 2 aromatic rings. The summed E-state index contributed by atoms with van der Waals surface area (Å²) in [5, 5.41) is 0. The Morgan fingerprint density at radius 1 is 1.41 bits per heavy atom. The summed E-state index contributed by atoms with van der Waals surface area (Å²) in [6, 6.07) is 6.42. The first-order chi connectivity index (χ1) is 8.07. The molecule has 1 aliphatic rings. The topological polar surface area (TPSA) is 43.8 Å². The quantitative estimate of drug-likeness (QED) is 0.858. The summed E-state index contributed by atoms with van der Waals surface area (Å²) in [5.41, 5.74) is 9.85. The fourth-order valence-electron chi connectivity index (χ4n) is 2.64. The minimum atomic E-state index is 0.00415. The number of hydrogen-bond acceptors (Lipinski definition) is 2. The highest BCUT2D eigenvalue weighted by molar-refractivity contribution is 5.76. The Bertz CT molecular complexity index is 564. The number of rotatable bonds is 2. The number of aromatic nitrogens is 2. The van der Waals surface area contributed by atoms with Crippen LogP contribution in [0.25, 0.3) is 11.0 Å². The van der Waals surface area contributed by atoms with Gasteiger partial charge < -0.3 is 10.3 Å². The molecule has 0 aliphatic heterocycles. The molecule has 0 atom stereocenters. The summed E-state index contributed by atoms with van der Waals surface area (Å²) >= 11 is 0. The molecule has 1 aromatic heterocycles. The van der Waals surface area contributed by atoms with Gasteiger partial charge in [-0.05, 0) is 43.9 Å². The number of benzene rings is 1. The number of aryl methyl sites for hydroxylation is 2. The van der Waals surface area contributed by atoms with Gasteiger partial charge in [0.1, 0.15) is 5.82 Å². The number of fused-ring (bicyclic) bond motifs is 1. The van der Waals surface area contributed by atoms with E-state index in [1.807, 2.05) is 0 Å². The van der Waals surface area contributed by atoms with E-state index in [2.05, 4.69) is 36.7 Å². The van der Waals surface area contributed by atoms with E-state index in [4.69, 9.17) is 10.7 Å². The fraction of sp³-hybridized carbons (Fsp3) is 0.500. The maximum Gasteiger partial charge on any atom is 0.111 e. The van der Waals surface area contributed by atoms with Crippen molar-refractivity contribution in [1.29, 1.82) is 0 Å². The number of nitrogens with two attached hydrogens (primary N) is 1. The van der Waals surface area contributed by atoms with E-state index in [1.165, 1.54) is 17.5 Å². The van der Waals surface area contributed by atoms with Gasteiger partial charge in [-0.2, -0.15) is 0 Å². The Kier molecular flexibility index (Phi) is 2.26. The molecule has 0 unspecified atom stereocenters. The van der Waals surface area contributed by atoms with Gasteiger partial charge in [0.15, 0.2) is 0 Å². The van der Waals surface area contributed by atoms with Crippen LogP contribution in [0.3, 0.4) is 0 Å². The molecule has 0 saturated heterocycles. The van der Waals surface area contributed by atoms with Crippen LogP contribution < -0.4 is 5.73 Å². The van der Waals surface area contributed by atoms with Crippen LogP contribution in [0.2, 0.25) is 0 Å². The summed E-state index contributed by atoms with van der Waals surface area (Å²) in [5.74, 6) is 1.12. The monoisotopic (exact) mass is 229 g/mol. The van der Waals surface area contributed by atoms with Crippen molar-refractivity contribution in [1.82, 2.24) is 9.55 Å². The van der Waals surface area contributed by atoms with Crippen molar-refractivity contribution in [3.8, 4) is 0 Å². The second kappa shape index (κ2) is 3.57. The molecule has 1 aliphatic carbocycles. The molecule has 0 amide bonds. The van der Waals surface area contributed by atoms with Crippen molar-refractivity contribution in [2.24, 2.45) is 12.8 Å². The molecule has 3 heteroatoms. The van der Waals surface area contributed by atoms with Crippen molar-refractivity contribution in [3.05, 3.63) is 29.6 Å². The van der Waals surface area contributed by atoms with Crippen molar-refractivity contribution in [3.63, 3.8) is 0 Å². The van der Waals surface area contributed by atoms with Crippen LogP contribution in [-0.2, 0) is 13.5 Å². The van der Waals surface area contributed by atoms with E-state index in [0.717, 1.165) is 30.6 Å². The van der Waals surface area contributed by atoms with Gasteiger partial charge in [0.2, 0.25) is 0 Å². The van der Waals surface area contributed by atoms with Gasteiger partial charge in [0.25, 0.3) is 0 Å². The zero-order valence-electron chi connectivity index (χ0n) is 10.5. The SMILES string of the molecule is Cc1ccc2c(c1)nc(CC1(N)CCC1)n2C. The molecule has 0 bridgehead atoms. The van der Waals surface area contributed by atoms with Crippen LogP contribution in [0.5, 0.6) is 0 Å². The normalized spacial score (nSPS) is 18.3. The van der Waals surface area contributed by atoms with Crippen LogP contribution in [0.1, 0.15) is 30.7 Å². The van der Waals surface area contributed by atoms with Crippen molar-refractivity contribution >= 4 is 11.0 Å². The molecule has 0 spiro atoms. The molecule has 3 rings (SSSR count). The predicted molar refractivity (Wildman–Crippen MR) is 69.9 cm³/mol. The van der Waals surface area contributed by atoms with E-state index < -0.39 is 0 Å². The Labute approximate surface area is 102 Å². The predicted octanol–water partition coefficient (Wildman–Crippen LogP) is 2.31. The zero-order valence-corrected chi connectivity index (χ0v) is 10.5. The minimum absolute atomic E-state index is 0.00415. The molecule has 1 aromatic carbocycles. The molecule has 17 heavy (non-hydrogen) atoms. The lowest BCUT2D eigenvalue weighted by molar-refractivity contribution is 0.242. The summed E-state index contributed by atoms with van der Waals surface area (Å²) in [6.07, 6.45) is 4.43. The van der Waals surface area contributed by atoms with Crippen molar-refractivity contribution in [2.45, 2.75) is 38.1 Å². The lowest BCUT2D eigenvalue weighted by Gasteiger charge is -2.37. The average Bonchev–Trinajstić information content (AvgIpc) is 2.53. The molecular weight excluding hydrogens is 210 g/mol. The molecule has 1 heterocycles.